The topological polar surface area (TPSA) is 56.5 Å². The minimum Gasteiger partial charge on any atom is -0.459 e. The molecular weight excluding hydrogens is 194 g/mol. The highest BCUT2D eigenvalue weighted by atomic mass is 16.5. The van der Waals surface area contributed by atoms with Crippen LogP contribution in [0.4, 0.5) is 0 Å². The van der Waals surface area contributed by atoms with Crippen molar-refractivity contribution in [3.63, 3.8) is 0 Å². The molecule has 15 heavy (non-hydrogen) atoms. The van der Waals surface area contributed by atoms with Gasteiger partial charge < -0.3 is 4.74 Å². The molecule has 2 heterocycles. The van der Waals surface area contributed by atoms with Crippen molar-refractivity contribution in [3.8, 4) is 0 Å². The predicted octanol–water partition coefficient (Wildman–Crippen LogP) is 1.05. The van der Waals surface area contributed by atoms with E-state index < -0.39 is 0 Å². The van der Waals surface area contributed by atoms with Crippen LogP contribution in [-0.2, 0) is 4.74 Å². The molecular formula is C10H9N3O2. The molecule has 0 aliphatic heterocycles. The zero-order chi connectivity index (χ0) is 10.3. The average molecular weight is 203 g/mol. The Balaban J connectivity index is 1.98. The molecule has 0 amide bonds. The van der Waals surface area contributed by atoms with Crippen molar-refractivity contribution in [1.29, 1.82) is 0 Å². The van der Waals surface area contributed by atoms with E-state index in [1.807, 2.05) is 0 Å². The molecule has 0 N–H and O–H groups in total. The van der Waals surface area contributed by atoms with Gasteiger partial charge in [0.2, 0.25) is 0 Å². The van der Waals surface area contributed by atoms with Crippen molar-refractivity contribution < 1.29 is 9.53 Å². The van der Waals surface area contributed by atoms with Gasteiger partial charge in [0, 0.05) is 12.4 Å². The fourth-order valence-electron chi connectivity index (χ4n) is 1.39. The lowest BCUT2D eigenvalue weighted by atomic mass is 10.3. The zero-order valence-electron chi connectivity index (χ0n) is 7.96. The number of carbonyl (C=O) groups excluding carboxylic acids is 1. The van der Waals surface area contributed by atoms with Crippen LogP contribution in [-0.4, -0.2) is 26.7 Å². The number of hydrogen-bond donors (Lipinski definition) is 0. The summed E-state index contributed by atoms with van der Waals surface area (Å²) in [5, 5.41) is 4.04. The quantitative estimate of drug-likeness (QED) is 0.684. The number of hydrogen-bond acceptors (Lipinski definition) is 4. The molecule has 1 aliphatic carbocycles. The van der Waals surface area contributed by atoms with Crippen molar-refractivity contribution >= 4 is 11.5 Å². The van der Waals surface area contributed by atoms with Gasteiger partial charge in [-0.25, -0.2) is 9.31 Å². The van der Waals surface area contributed by atoms with Gasteiger partial charge in [-0.3, -0.25) is 4.98 Å². The van der Waals surface area contributed by atoms with Gasteiger partial charge in [0.15, 0.2) is 0 Å². The molecule has 0 spiro atoms. The third-order valence-corrected chi connectivity index (χ3v) is 2.34. The predicted molar refractivity (Wildman–Crippen MR) is 51.4 cm³/mol. The van der Waals surface area contributed by atoms with Crippen LogP contribution in [0.1, 0.15) is 23.2 Å². The highest BCUT2D eigenvalue weighted by molar-refractivity contribution is 5.96. The van der Waals surface area contributed by atoms with Crippen LogP contribution in [0.25, 0.3) is 5.52 Å². The van der Waals surface area contributed by atoms with E-state index in [2.05, 4.69) is 10.1 Å². The Labute approximate surface area is 85.7 Å². The monoisotopic (exact) mass is 203 g/mol. The van der Waals surface area contributed by atoms with Crippen molar-refractivity contribution in [2.24, 2.45) is 0 Å². The van der Waals surface area contributed by atoms with Crippen LogP contribution in [0, 0.1) is 0 Å². The summed E-state index contributed by atoms with van der Waals surface area (Å²) in [6, 6.07) is 0. The van der Waals surface area contributed by atoms with Gasteiger partial charge in [-0.1, -0.05) is 0 Å². The molecule has 0 bridgehead atoms. The van der Waals surface area contributed by atoms with Crippen molar-refractivity contribution in [1.82, 2.24) is 14.6 Å². The third-order valence-electron chi connectivity index (χ3n) is 2.34. The van der Waals surface area contributed by atoms with Crippen molar-refractivity contribution in [2.45, 2.75) is 18.9 Å². The minimum atomic E-state index is -0.305. The average Bonchev–Trinajstić information content (AvgIpc) is 2.96. The van der Waals surface area contributed by atoms with Crippen LogP contribution in [0.2, 0.25) is 0 Å². The summed E-state index contributed by atoms with van der Waals surface area (Å²) in [6.07, 6.45) is 8.51. The lowest BCUT2D eigenvalue weighted by Crippen LogP contribution is -2.06. The Morgan fingerprint density at radius 1 is 1.47 bits per heavy atom. The number of carbonyl (C=O) groups is 1. The van der Waals surface area contributed by atoms with Gasteiger partial charge >= 0.3 is 5.97 Å². The first-order valence-corrected chi connectivity index (χ1v) is 4.83. The second kappa shape index (κ2) is 3.05. The van der Waals surface area contributed by atoms with E-state index >= 15 is 0 Å². The number of ether oxygens (including phenoxy) is 1. The van der Waals surface area contributed by atoms with Crippen LogP contribution in [0.15, 0.2) is 24.8 Å². The van der Waals surface area contributed by atoms with E-state index in [0.717, 1.165) is 12.8 Å². The van der Waals surface area contributed by atoms with Crippen molar-refractivity contribution in [2.75, 3.05) is 0 Å². The van der Waals surface area contributed by atoms with Crippen molar-refractivity contribution in [3.05, 3.63) is 30.4 Å². The summed E-state index contributed by atoms with van der Waals surface area (Å²) in [5.74, 6) is -0.305. The second-order valence-electron chi connectivity index (χ2n) is 3.57. The van der Waals surface area contributed by atoms with E-state index in [-0.39, 0.29) is 12.1 Å². The maximum atomic E-state index is 11.7. The third kappa shape index (κ3) is 1.45. The van der Waals surface area contributed by atoms with E-state index in [1.165, 1.54) is 6.20 Å². The Morgan fingerprint density at radius 3 is 3.13 bits per heavy atom. The summed E-state index contributed by atoms with van der Waals surface area (Å²) in [4.78, 5) is 15.6. The van der Waals surface area contributed by atoms with E-state index in [1.54, 1.807) is 23.1 Å². The Bertz CT molecular complexity index is 516. The lowest BCUT2D eigenvalue weighted by molar-refractivity contribution is 0.0474. The SMILES string of the molecule is O=C(OC1CC1)c1cnn2ccncc12. The summed E-state index contributed by atoms with van der Waals surface area (Å²) >= 11 is 0. The Hall–Kier alpha value is -1.91. The molecule has 5 heteroatoms. The standard InChI is InChI=1S/C10H9N3O2/c14-10(15-7-1-2-7)8-5-12-13-4-3-11-6-9(8)13/h3-7H,1-2H2. The number of fused-ring (bicyclic) bond motifs is 1. The minimum absolute atomic E-state index is 0.115. The highest BCUT2D eigenvalue weighted by Crippen LogP contribution is 2.25. The van der Waals surface area contributed by atoms with Crippen LogP contribution >= 0.6 is 0 Å². The molecule has 2 aromatic rings. The molecule has 2 aromatic heterocycles. The van der Waals surface area contributed by atoms with Gasteiger partial charge in [0.25, 0.3) is 0 Å². The fourth-order valence-corrected chi connectivity index (χ4v) is 1.39. The summed E-state index contributed by atoms with van der Waals surface area (Å²) in [6.45, 7) is 0. The van der Waals surface area contributed by atoms with Gasteiger partial charge in [-0.2, -0.15) is 5.10 Å². The molecule has 0 aromatic carbocycles. The molecule has 0 saturated heterocycles. The molecule has 0 atom stereocenters. The van der Waals surface area contributed by atoms with Crippen LogP contribution < -0.4 is 0 Å². The largest absolute Gasteiger partial charge is 0.459 e. The van der Waals surface area contributed by atoms with Gasteiger partial charge in [0.05, 0.1) is 17.9 Å². The smallest absolute Gasteiger partial charge is 0.342 e. The van der Waals surface area contributed by atoms with E-state index in [4.69, 9.17) is 4.74 Å². The molecule has 1 fully saturated rings. The molecule has 76 valence electrons. The molecule has 0 radical (unpaired) electrons. The van der Waals surface area contributed by atoms with Gasteiger partial charge in [-0.15, -0.1) is 0 Å². The first kappa shape index (κ1) is 8.40. The number of esters is 1. The first-order chi connectivity index (χ1) is 7.34. The van der Waals surface area contributed by atoms with E-state index in [9.17, 15) is 4.79 Å². The second-order valence-corrected chi connectivity index (χ2v) is 3.57. The Morgan fingerprint density at radius 2 is 2.33 bits per heavy atom. The zero-order valence-corrected chi connectivity index (χ0v) is 7.96. The van der Waals surface area contributed by atoms with Gasteiger partial charge in [0.1, 0.15) is 11.7 Å². The molecule has 1 aliphatic rings. The maximum Gasteiger partial charge on any atom is 0.342 e. The molecule has 3 rings (SSSR count). The summed E-state index contributed by atoms with van der Waals surface area (Å²) in [5.41, 5.74) is 1.16. The van der Waals surface area contributed by atoms with E-state index in [0.29, 0.717) is 11.1 Å². The molecule has 1 saturated carbocycles. The van der Waals surface area contributed by atoms with Crippen LogP contribution in [0.5, 0.6) is 0 Å². The lowest BCUT2D eigenvalue weighted by Gasteiger charge is -1.99. The highest BCUT2D eigenvalue weighted by Gasteiger charge is 2.27. The van der Waals surface area contributed by atoms with Crippen LogP contribution in [0.3, 0.4) is 0 Å². The first-order valence-electron chi connectivity index (χ1n) is 4.83. The number of nitrogens with zero attached hydrogens (tertiary/aromatic N) is 3. The summed E-state index contributed by atoms with van der Waals surface area (Å²) in [7, 11) is 0. The maximum absolute atomic E-state index is 11.7. The fraction of sp³-hybridized carbons (Fsp3) is 0.300. The molecule has 0 unspecified atom stereocenters. The number of rotatable bonds is 2. The molecule has 5 nitrogen and oxygen atoms in total. The number of aromatic nitrogens is 3. The summed E-state index contributed by atoms with van der Waals surface area (Å²) < 4.78 is 6.80. The Kier molecular flexibility index (Phi) is 1.71. The van der Waals surface area contributed by atoms with Gasteiger partial charge in [-0.05, 0) is 12.8 Å². The normalized spacial score (nSPS) is 15.5.